The van der Waals surface area contributed by atoms with Gasteiger partial charge in [0.15, 0.2) is 11.6 Å². The quantitative estimate of drug-likeness (QED) is 0.298. The van der Waals surface area contributed by atoms with Gasteiger partial charge in [-0.3, -0.25) is 9.59 Å². The molecule has 2 aromatic carbocycles. The number of benzene rings is 2. The first-order chi connectivity index (χ1) is 10.6. The largest absolute Gasteiger partial charge is 1.00 e. The first-order valence-electron chi connectivity index (χ1n) is 6.61. The molecule has 0 fully saturated rings. The summed E-state index contributed by atoms with van der Waals surface area (Å²) in [6, 6.07) is 14.1. The van der Waals surface area contributed by atoms with Crippen molar-refractivity contribution in [1.29, 1.82) is 0 Å². The molecule has 3 nitrogen and oxygen atoms in total. The van der Waals surface area contributed by atoms with E-state index in [0.717, 1.165) is 9.13 Å². The molecule has 5 heteroatoms. The summed E-state index contributed by atoms with van der Waals surface area (Å²) in [5.74, 6) is -1.53. The second-order valence-corrected chi connectivity index (χ2v) is 6.07. The molecule has 0 atom stereocenters. The molecule has 0 saturated heterocycles. The average Bonchev–Trinajstić information content (AvgIpc) is 2.79. The van der Waals surface area contributed by atoms with E-state index in [0.29, 0.717) is 11.1 Å². The van der Waals surface area contributed by atoms with Gasteiger partial charge < -0.3 is 5.11 Å². The average molecular weight is 424 g/mol. The number of Topliss-reactive ketones (excluding diaryl/α,β-unsaturated/α-hetero) is 1. The summed E-state index contributed by atoms with van der Waals surface area (Å²) in [4.78, 5) is 24.4. The van der Waals surface area contributed by atoms with Crippen LogP contribution in [0, 0.1) is 3.57 Å². The van der Waals surface area contributed by atoms with E-state index in [1.807, 2.05) is 24.3 Å². The third-order valence-electron chi connectivity index (χ3n) is 3.41. The molecule has 0 spiro atoms. The third-order valence-corrected chi connectivity index (χ3v) is 4.13. The van der Waals surface area contributed by atoms with Crippen LogP contribution >= 0.6 is 22.6 Å². The number of hydrogen-bond acceptors (Lipinski definition) is 3. The van der Waals surface area contributed by atoms with E-state index in [4.69, 9.17) is 0 Å². The zero-order valence-electron chi connectivity index (χ0n) is 12.4. The summed E-state index contributed by atoms with van der Waals surface area (Å²) in [5.41, 5.74) is 1.17. The van der Waals surface area contributed by atoms with Gasteiger partial charge in [0.25, 0.3) is 0 Å². The van der Waals surface area contributed by atoms with Crippen LogP contribution < -0.4 is 34.7 Å². The molecule has 0 radical (unpaired) electrons. The number of rotatable bonds is 3. The van der Waals surface area contributed by atoms with Crippen molar-refractivity contribution in [2.24, 2.45) is 0 Å². The Hall–Kier alpha value is -1.21. The van der Waals surface area contributed by atoms with Gasteiger partial charge in [0.2, 0.25) is 0 Å². The molecular weight excluding hydrogens is 414 g/mol. The standard InChI is InChI=1S/C18H11IO3.Na/c19-12-8-5-11(6-9-12)7-10-15(20)16-17(21)13-3-1-2-4-14(13)18(16)22;/h1-10,21H;/q;+1/p-1/b10-7+;. The van der Waals surface area contributed by atoms with Gasteiger partial charge in [-0.05, 0) is 51.9 Å². The van der Waals surface area contributed by atoms with Gasteiger partial charge in [-0.2, -0.15) is 0 Å². The molecule has 3 rings (SSSR count). The predicted molar refractivity (Wildman–Crippen MR) is 90.9 cm³/mol. The number of ketones is 2. The number of carbonyl (C=O) groups excluding carboxylic acids is 2. The van der Waals surface area contributed by atoms with Crippen LogP contribution in [0.1, 0.15) is 21.5 Å². The van der Waals surface area contributed by atoms with Crippen LogP contribution in [0.5, 0.6) is 0 Å². The molecule has 0 unspecified atom stereocenters. The van der Waals surface area contributed by atoms with E-state index >= 15 is 0 Å². The van der Waals surface area contributed by atoms with Gasteiger partial charge in [-0.25, -0.2) is 0 Å². The van der Waals surface area contributed by atoms with E-state index in [1.165, 1.54) is 6.08 Å². The van der Waals surface area contributed by atoms with Crippen molar-refractivity contribution >= 4 is 46.0 Å². The van der Waals surface area contributed by atoms with Crippen molar-refractivity contribution < 1.29 is 44.3 Å². The van der Waals surface area contributed by atoms with E-state index in [2.05, 4.69) is 22.6 Å². The van der Waals surface area contributed by atoms with Gasteiger partial charge in [0.1, 0.15) is 0 Å². The van der Waals surface area contributed by atoms with Crippen molar-refractivity contribution in [3.05, 3.63) is 80.4 Å². The van der Waals surface area contributed by atoms with Crippen molar-refractivity contribution in [3.63, 3.8) is 0 Å². The van der Waals surface area contributed by atoms with Crippen LogP contribution in [-0.2, 0) is 4.79 Å². The minimum absolute atomic E-state index is 0. The van der Waals surface area contributed by atoms with Crippen molar-refractivity contribution in [1.82, 2.24) is 0 Å². The van der Waals surface area contributed by atoms with Crippen LogP contribution in [0.15, 0.2) is 60.2 Å². The monoisotopic (exact) mass is 424 g/mol. The van der Waals surface area contributed by atoms with Gasteiger partial charge in [0.05, 0.1) is 5.57 Å². The molecule has 0 aromatic heterocycles. The fraction of sp³-hybridized carbons (Fsp3) is 0. The summed E-state index contributed by atoms with van der Waals surface area (Å²) in [6.07, 6.45) is 2.88. The Labute approximate surface area is 169 Å². The van der Waals surface area contributed by atoms with Crippen LogP contribution in [0.3, 0.4) is 0 Å². The second-order valence-electron chi connectivity index (χ2n) is 4.83. The first-order valence-corrected chi connectivity index (χ1v) is 7.69. The van der Waals surface area contributed by atoms with Crippen molar-refractivity contribution in [3.8, 4) is 0 Å². The molecule has 0 heterocycles. The molecule has 0 bridgehead atoms. The number of halogens is 1. The Morgan fingerprint density at radius 3 is 2.22 bits per heavy atom. The minimum atomic E-state index is -0.551. The minimum Gasteiger partial charge on any atom is -0.871 e. The second kappa shape index (κ2) is 7.57. The molecule has 2 aromatic rings. The fourth-order valence-electron chi connectivity index (χ4n) is 2.30. The molecule has 0 saturated carbocycles. The summed E-state index contributed by atoms with van der Waals surface area (Å²) in [7, 11) is 0. The number of allylic oxidation sites excluding steroid dienone is 2. The molecule has 108 valence electrons. The number of carbonyl (C=O) groups is 2. The molecule has 0 N–H and O–H groups in total. The Balaban J connectivity index is 0.00000192. The van der Waals surface area contributed by atoms with E-state index in [-0.39, 0.29) is 35.1 Å². The maximum absolute atomic E-state index is 12.2. The summed E-state index contributed by atoms with van der Waals surface area (Å²) in [5, 5.41) is 12.2. The van der Waals surface area contributed by atoms with Gasteiger partial charge >= 0.3 is 29.6 Å². The maximum atomic E-state index is 12.2. The smallest absolute Gasteiger partial charge is 0.871 e. The van der Waals surface area contributed by atoms with Crippen LogP contribution in [0.2, 0.25) is 0 Å². The van der Waals surface area contributed by atoms with Crippen LogP contribution in [0.25, 0.3) is 11.8 Å². The Morgan fingerprint density at radius 1 is 1.00 bits per heavy atom. The van der Waals surface area contributed by atoms with Crippen molar-refractivity contribution in [2.75, 3.05) is 0 Å². The zero-order chi connectivity index (χ0) is 15.7. The summed E-state index contributed by atoms with van der Waals surface area (Å²) >= 11 is 2.19. The first kappa shape index (κ1) is 18.1. The molecular formula is C18H10INaO3. The molecule has 1 aliphatic carbocycles. The maximum Gasteiger partial charge on any atom is 1.00 e. The summed E-state index contributed by atoms with van der Waals surface area (Å²) in [6.45, 7) is 0. The molecule has 23 heavy (non-hydrogen) atoms. The Kier molecular flexibility index (Phi) is 5.97. The molecule has 0 amide bonds. The van der Waals surface area contributed by atoms with Gasteiger partial charge in [-0.15, -0.1) is 0 Å². The predicted octanol–water partition coefficient (Wildman–Crippen LogP) is -0.155. The van der Waals surface area contributed by atoms with Crippen molar-refractivity contribution in [2.45, 2.75) is 0 Å². The third kappa shape index (κ3) is 3.66. The van der Waals surface area contributed by atoms with E-state index < -0.39 is 17.3 Å². The van der Waals surface area contributed by atoms with E-state index in [1.54, 1.807) is 30.3 Å². The zero-order valence-corrected chi connectivity index (χ0v) is 16.5. The SMILES string of the molecule is O=C(/C=C/c1ccc(I)cc1)C1=C([O-])c2ccccc2C1=O.[Na+]. The number of fused-ring (bicyclic) bond motifs is 1. The normalized spacial score (nSPS) is 13.2. The summed E-state index contributed by atoms with van der Waals surface area (Å²) < 4.78 is 1.09. The van der Waals surface area contributed by atoms with E-state index in [9.17, 15) is 14.7 Å². The van der Waals surface area contributed by atoms with Gasteiger partial charge in [0, 0.05) is 9.13 Å². The number of hydrogen-bond donors (Lipinski definition) is 0. The fourth-order valence-corrected chi connectivity index (χ4v) is 2.66. The molecule has 1 aliphatic rings. The molecule has 0 aliphatic heterocycles. The van der Waals surface area contributed by atoms with Crippen LogP contribution in [0.4, 0.5) is 0 Å². The van der Waals surface area contributed by atoms with Gasteiger partial charge in [-0.1, -0.05) is 48.2 Å². The Bertz CT molecular complexity index is 836. The topological polar surface area (TPSA) is 57.2 Å². The van der Waals surface area contributed by atoms with Crippen LogP contribution in [-0.4, -0.2) is 11.6 Å². The Morgan fingerprint density at radius 2 is 1.61 bits per heavy atom.